The van der Waals surface area contributed by atoms with Gasteiger partial charge in [0.05, 0.1) is 6.20 Å². The van der Waals surface area contributed by atoms with Crippen molar-refractivity contribution in [3.8, 4) is 0 Å². The largest absolute Gasteiger partial charge is 0.307 e. The number of benzene rings is 1. The summed E-state index contributed by atoms with van der Waals surface area (Å²) >= 11 is 5.80. The molecule has 0 saturated carbocycles. The SMILES string of the molecule is CC(C)Cn1nccc1NC(=O)c1ccc(Cl)cc1. The number of carbonyl (C=O) groups excluding carboxylic acids is 1. The molecule has 1 aromatic heterocycles. The Bertz CT molecular complexity index is 560. The average molecular weight is 278 g/mol. The number of rotatable bonds is 4. The number of anilines is 1. The van der Waals surface area contributed by atoms with Crippen molar-refractivity contribution in [2.45, 2.75) is 20.4 Å². The molecule has 0 bridgehead atoms. The fourth-order valence-corrected chi connectivity index (χ4v) is 1.85. The lowest BCUT2D eigenvalue weighted by atomic mass is 10.2. The van der Waals surface area contributed by atoms with Crippen molar-refractivity contribution in [3.05, 3.63) is 47.1 Å². The zero-order valence-corrected chi connectivity index (χ0v) is 11.7. The third kappa shape index (κ3) is 3.58. The quantitative estimate of drug-likeness (QED) is 0.930. The molecule has 0 spiro atoms. The second-order valence-electron chi connectivity index (χ2n) is 4.75. The van der Waals surface area contributed by atoms with Crippen molar-refractivity contribution in [2.24, 2.45) is 5.92 Å². The Kier molecular flexibility index (Phi) is 4.22. The van der Waals surface area contributed by atoms with Gasteiger partial charge >= 0.3 is 0 Å². The van der Waals surface area contributed by atoms with Crippen LogP contribution in [0.2, 0.25) is 5.02 Å². The number of nitrogens with zero attached hydrogens (tertiary/aromatic N) is 2. The maximum Gasteiger partial charge on any atom is 0.256 e. The summed E-state index contributed by atoms with van der Waals surface area (Å²) in [6.45, 7) is 4.97. The zero-order valence-electron chi connectivity index (χ0n) is 10.9. The van der Waals surface area contributed by atoms with Crippen LogP contribution >= 0.6 is 11.6 Å². The van der Waals surface area contributed by atoms with E-state index in [1.54, 1.807) is 41.2 Å². The zero-order chi connectivity index (χ0) is 13.8. The molecule has 0 fully saturated rings. The normalized spacial score (nSPS) is 10.7. The predicted octanol–water partition coefficient (Wildman–Crippen LogP) is 3.44. The van der Waals surface area contributed by atoms with Gasteiger partial charge in [0.1, 0.15) is 5.82 Å². The number of carbonyl (C=O) groups is 1. The number of hydrogen-bond donors (Lipinski definition) is 1. The minimum Gasteiger partial charge on any atom is -0.307 e. The summed E-state index contributed by atoms with van der Waals surface area (Å²) in [6, 6.07) is 8.57. The van der Waals surface area contributed by atoms with E-state index in [9.17, 15) is 4.79 Å². The van der Waals surface area contributed by atoms with E-state index in [-0.39, 0.29) is 5.91 Å². The molecule has 4 nitrogen and oxygen atoms in total. The van der Waals surface area contributed by atoms with E-state index in [0.29, 0.717) is 22.3 Å². The molecule has 5 heteroatoms. The Morgan fingerprint density at radius 3 is 2.63 bits per heavy atom. The van der Waals surface area contributed by atoms with Crippen molar-refractivity contribution in [1.29, 1.82) is 0 Å². The first-order valence-electron chi connectivity index (χ1n) is 6.15. The van der Waals surface area contributed by atoms with Gasteiger partial charge in [-0.15, -0.1) is 0 Å². The molecule has 0 radical (unpaired) electrons. The number of hydrogen-bond acceptors (Lipinski definition) is 2. The highest BCUT2D eigenvalue weighted by Crippen LogP contribution is 2.13. The highest BCUT2D eigenvalue weighted by atomic mass is 35.5. The van der Waals surface area contributed by atoms with Crippen LogP contribution in [-0.2, 0) is 6.54 Å². The molecule has 2 aromatic rings. The number of amides is 1. The molecule has 0 unspecified atom stereocenters. The van der Waals surface area contributed by atoms with Gasteiger partial charge in [0.15, 0.2) is 0 Å². The van der Waals surface area contributed by atoms with Gasteiger partial charge < -0.3 is 5.32 Å². The molecule has 0 aliphatic heterocycles. The molecule has 1 N–H and O–H groups in total. The minimum absolute atomic E-state index is 0.165. The van der Waals surface area contributed by atoms with Crippen LogP contribution in [-0.4, -0.2) is 15.7 Å². The van der Waals surface area contributed by atoms with Gasteiger partial charge in [-0.05, 0) is 30.2 Å². The van der Waals surface area contributed by atoms with E-state index in [1.165, 1.54) is 0 Å². The first-order chi connectivity index (χ1) is 9.06. The van der Waals surface area contributed by atoms with E-state index in [4.69, 9.17) is 11.6 Å². The van der Waals surface area contributed by atoms with Gasteiger partial charge in [0.2, 0.25) is 0 Å². The molecular formula is C14H16ClN3O. The molecule has 1 heterocycles. The molecular weight excluding hydrogens is 262 g/mol. The summed E-state index contributed by atoms with van der Waals surface area (Å²) in [7, 11) is 0. The summed E-state index contributed by atoms with van der Waals surface area (Å²) in [5.41, 5.74) is 0.571. The summed E-state index contributed by atoms with van der Waals surface area (Å²) in [4.78, 5) is 12.1. The van der Waals surface area contributed by atoms with Crippen LogP contribution in [0.5, 0.6) is 0 Å². The molecule has 1 aromatic carbocycles. The van der Waals surface area contributed by atoms with Gasteiger partial charge in [-0.25, -0.2) is 4.68 Å². The minimum atomic E-state index is -0.165. The topological polar surface area (TPSA) is 46.9 Å². The first-order valence-corrected chi connectivity index (χ1v) is 6.53. The van der Waals surface area contributed by atoms with Crippen molar-refractivity contribution < 1.29 is 4.79 Å². The summed E-state index contributed by atoms with van der Waals surface area (Å²) < 4.78 is 1.79. The second kappa shape index (κ2) is 5.89. The molecule has 2 rings (SSSR count). The molecule has 0 atom stereocenters. The van der Waals surface area contributed by atoms with Crippen LogP contribution in [0.1, 0.15) is 24.2 Å². The van der Waals surface area contributed by atoms with Gasteiger partial charge in [-0.2, -0.15) is 5.10 Å². The average Bonchev–Trinajstić information content (AvgIpc) is 2.76. The van der Waals surface area contributed by atoms with Crippen LogP contribution in [0.3, 0.4) is 0 Å². The monoisotopic (exact) mass is 277 g/mol. The highest BCUT2D eigenvalue weighted by Gasteiger charge is 2.10. The van der Waals surface area contributed by atoms with Crippen LogP contribution in [0.4, 0.5) is 5.82 Å². The lowest BCUT2D eigenvalue weighted by Crippen LogP contribution is -2.17. The third-order valence-electron chi connectivity index (χ3n) is 2.60. The molecule has 0 saturated heterocycles. The fraction of sp³-hybridized carbons (Fsp3) is 0.286. The molecule has 100 valence electrons. The third-order valence-corrected chi connectivity index (χ3v) is 2.85. The molecule has 0 aliphatic carbocycles. The first kappa shape index (κ1) is 13.6. The van der Waals surface area contributed by atoms with Gasteiger partial charge in [0.25, 0.3) is 5.91 Å². The maximum atomic E-state index is 12.1. The predicted molar refractivity (Wildman–Crippen MR) is 76.5 cm³/mol. The fourth-order valence-electron chi connectivity index (χ4n) is 1.72. The maximum absolute atomic E-state index is 12.1. The highest BCUT2D eigenvalue weighted by molar-refractivity contribution is 6.30. The lowest BCUT2D eigenvalue weighted by molar-refractivity contribution is 0.102. The standard InChI is InChI=1S/C14H16ClN3O/c1-10(2)9-18-13(7-8-16-18)17-14(19)11-3-5-12(15)6-4-11/h3-8,10H,9H2,1-2H3,(H,17,19). The Hall–Kier alpha value is -1.81. The number of nitrogens with one attached hydrogen (secondary N) is 1. The van der Waals surface area contributed by atoms with E-state index in [2.05, 4.69) is 24.3 Å². The molecule has 0 aliphatic rings. The van der Waals surface area contributed by atoms with E-state index < -0.39 is 0 Å². The summed E-state index contributed by atoms with van der Waals surface area (Å²) in [5, 5.41) is 7.66. The van der Waals surface area contributed by atoms with Crippen molar-refractivity contribution in [1.82, 2.24) is 9.78 Å². The molecule has 19 heavy (non-hydrogen) atoms. The van der Waals surface area contributed by atoms with E-state index >= 15 is 0 Å². The van der Waals surface area contributed by atoms with Crippen molar-refractivity contribution in [2.75, 3.05) is 5.32 Å². The Labute approximate surface area is 117 Å². The van der Waals surface area contributed by atoms with Crippen molar-refractivity contribution >= 4 is 23.3 Å². The summed E-state index contributed by atoms with van der Waals surface area (Å²) in [5.74, 6) is 1.00. The van der Waals surface area contributed by atoms with Gasteiger partial charge in [0, 0.05) is 23.2 Å². The molecule has 1 amide bonds. The van der Waals surface area contributed by atoms with E-state index in [0.717, 1.165) is 6.54 Å². The number of halogens is 1. The lowest BCUT2D eigenvalue weighted by Gasteiger charge is -2.10. The smallest absolute Gasteiger partial charge is 0.256 e. The van der Waals surface area contributed by atoms with Crippen LogP contribution in [0, 0.1) is 5.92 Å². The van der Waals surface area contributed by atoms with Crippen LogP contribution < -0.4 is 5.32 Å². The Morgan fingerprint density at radius 1 is 1.32 bits per heavy atom. The van der Waals surface area contributed by atoms with Crippen LogP contribution in [0.15, 0.2) is 36.5 Å². The van der Waals surface area contributed by atoms with Gasteiger partial charge in [-0.3, -0.25) is 4.79 Å². The second-order valence-corrected chi connectivity index (χ2v) is 5.19. The van der Waals surface area contributed by atoms with Gasteiger partial charge in [-0.1, -0.05) is 25.4 Å². The van der Waals surface area contributed by atoms with Crippen LogP contribution in [0.25, 0.3) is 0 Å². The Balaban J connectivity index is 2.10. The van der Waals surface area contributed by atoms with Crippen molar-refractivity contribution in [3.63, 3.8) is 0 Å². The van der Waals surface area contributed by atoms with E-state index in [1.807, 2.05) is 0 Å². The Morgan fingerprint density at radius 2 is 2.00 bits per heavy atom. The number of aromatic nitrogens is 2. The summed E-state index contributed by atoms with van der Waals surface area (Å²) in [6.07, 6.45) is 1.68.